The molecule has 0 amide bonds. The van der Waals surface area contributed by atoms with E-state index in [4.69, 9.17) is 10.3 Å². The first kappa shape index (κ1) is 13.8. The number of hydrogen-bond acceptors (Lipinski definition) is 3. The van der Waals surface area contributed by atoms with Crippen LogP contribution in [0.3, 0.4) is 0 Å². The maximum atomic E-state index is 11.2. The molecule has 4 aliphatic rings. The summed E-state index contributed by atoms with van der Waals surface area (Å²) >= 11 is 0. The molecule has 3 N–H and O–H groups in total. The SMILES string of the molecule is CC12CC3CC(C)(C1)CC(C(N)CS(=O)(=O)O)(C3)C2. The van der Waals surface area contributed by atoms with Crippen LogP contribution in [0.25, 0.3) is 0 Å². The van der Waals surface area contributed by atoms with Crippen molar-refractivity contribution in [2.75, 3.05) is 5.75 Å². The van der Waals surface area contributed by atoms with E-state index in [0.29, 0.717) is 16.7 Å². The third-order valence-corrected chi connectivity index (χ3v) is 6.63. The fourth-order valence-electron chi connectivity index (χ4n) is 6.35. The third kappa shape index (κ3) is 2.34. The highest BCUT2D eigenvalue weighted by Gasteiger charge is 2.61. The lowest BCUT2D eigenvalue weighted by Crippen LogP contribution is -2.61. The Morgan fingerprint density at radius 2 is 1.68 bits per heavy atom. The second-order valence-electron chi connectivity index (χ2n) is 8.35. The molecule has 110 valence electrons. The molecular formula is C14H25NO3S. The average Bonchev–Trinajstić information content (AvgIpc) is 2.07. The van der Waals surface area contributed by atoms with E-state index in [-0.39, 0.29) is 11.2 Å². The van der Waals surface area contributed by atoms with Crippen LogP contribution in [0.4, 0.5) is 0 Å². The first-order chi connectivity index (χ1) is 8.53. The van der Waals surface area contributed by atoms with Gasteiger partial charge in [-0.05, 0) is 60.7 Å². The van der Waals surface area contributed by atoms with Crippen molar-refractivity contribution < 1.29 is 13.0 Å². The zero-order valence-corrected chi connectivity index (χ0v) is 12.7. The molecule has 4 rings (SSSR count). The minimum atomic E-state index is -3.98. The Labute approximate surface area is 115 Å². The van der Waals surface area contributed by atoms with Crippen molar-refractivity contribution in [3.05, 3.63) is 0 Å². The summed E-state index contributed by atoms with van der Waals surface area (Å²) in [5, 5.41) is 0. The second kappa shape index (κ2) is 3.74. The molecule has 0 radical (unpaired) electrons. The van der Waals surface area contributed by atoms with Crippen LogP contribution in [0.2, 0.25) is 0 Å². The molecule has 0 aromatic carbocycles. The average molecular weight is 287 g/mol. The molecule has 19 heavy (non-hydrogen) atoms. The lowest BCUT2D eigenvalue weighted by atomic mass is 9.39. The van der Waals surface area contributed by atoms with Crippen LogP contribution in [-0.2, 0) is 10.1 Å². The van der Waals surface area contributed by atoms with Crippen molar-refractivity contribution in [2.45, 2.75) is 58.4 Å². The Bertz CT molecular complexity index is 483. The summed E-state index contributed by atoms with van der Waals surface area (Å²) in [5.41, 5.74) is 6.82. The van der Waals surface area contributed by atoms with E-state index in [1.54, 1.807) is 0 Å². The van der Waals surface area contributed by atoms with E-state index in [2.05, 4.69) is 13.8 Å². The van der Waals surface area contributed by atoms with E-state index >= 15 is 0 Å². The van der Waals surface area contributed by atoms with Gasteiger partial charge < -0.3 is 5.73 Å². The minimum Gasteiger partial charge on any atom is -0.326 e. The van der Waals surface area contributed by atoms with Crippen molar-refractivity contribution in [2.24, 2.45) is 27.9 Å². The Kier molecular flexibility index (Phi) is 2.72. The molecule has 4 saturated carbocycles. The molecule has 0 aliphatic heterocycles. The molecule has 4 aliphatic carbocycles. The van der Waals surface area contributed by atoms with Crippen molar-refractivity contribution in [3.8, 4) is 0 Å². The molecule has 4 nitrogen and oxygen atoms in total. The van der Waals surface area contributed by atoms with Crippen molar-refractivity contribution >= 4 is 10.1 Å². The van der Waals surface area contributed by atoms with Crippen LogP contribution in [0.5, 0.6) is 0 Å². The lowest BCUT2D eigenvalue weighted by molar-refractivity contribution is -0.151. The predicted molar refractivity (Wildman–Crippen MR) is 74.2 cm³/mol. The Balaban J connectivity index is 1.92. The molecule has 5 heteroatoms. The standard InChI is InChI=1S/C14H25NO3S/c1-12-3-10-4-13(2,7-12)9-14(5-10,8-12)11(15)6-19(16,17)18/h10-11H,3-9,15H2,1-2H3,(H,16,17,18). The van der Waals surface area contributed by atoms with Crippen LogP contribution >= 0.6 is 0 Å². The van der Waals surface area contributed by atoms with E-state index in [9.17, 15) is 8.42 Å². The van der Waals surface area contributed by atoms with Gasteiger partial charge in [-0.25, -0.2) is 0 Å². The van der Waals surface area contributed by atoms with Crippen molar-refractivity contribution in [1.29, 1.82) is 0 Å². The normalized spacial score (nSPS) is 50.4. The number of hydrogen-bond donors (Lipinski definition) is 2. The first-order valence-electron chi connectivity index (χ1n) is 7.24. The zero-order chi connectivity index (χ0) is 14.1. The fraction of sp³-hybridized carbons (Fsp3) is 1.00. The maximum Gasteiger partial charge on any atom is 0.266 e. The third-order valence-electron chi connectivity index (χ3n) is 5.85. The summed E-state index contributed by atoms with van der Waals surface area (Å²) in [6.45, 7) is 4.68. The van der Waals surface area contributed by atoms with Crippen LogP contribution in [-0.4, -0.2) is 24.8 Å². The first-order valence-corrected chi connectivity index (χ1v) is 8.85. The molecule has 0 saturated heterocycles. The van der Waals surface area contributed by atoms with Gasteiger partial charge in [0.25, 0.3) is 10.1 Å². The van der Waals surface area contributed by atoms with E-state index in [1.807, 2.05) is 0 Å². The molecule has 0 spiro atoms. The van der Waals surface area contributed by atoms with Gasteiger partial charge in [-0.1, -0.05) is 13.8 Å². The van der Waals surface area contributed by atoms with Crippen LogP contribution in [0, 0.1) is 22.2 Å². The molecule has 4 bridgehead atoms. The van der Waals surface area contributed by atoms with Crippen molar-refractivity contribution in [1.82, 2.24) is 0 Å². The van der Waals surface area contributed by atoms with Gasteiger partial charge in [0.1, 0.15) is 0 Å². The quantitative estimate of drug-likeness (QED) is 0.780. The van der Waals surface area contributed by atoms with Crippen LogP contribution < -0.4 is 5.73 Å². The summed E-state index contributed by atoms with van der Waals surface area (Å²) in [4.78, 5) is 0. The predicted octanol–water partition coefficient (Wildman–Crippen LogP) is 2.20. The summed E-state index contributed by atoms with van der Waals surface area (Å²) in [5.74, 6) is 0.407. The summed E-state index contributed by atoms with van der Waals surface area (Å²) in [6.07, 6.45) is 6.89. The molecule has 0 aromatic rings. The molecule has 4 fully saturated rings. The van der Waals surface area contributed by atoms with Crippen molar-refractivity contribution in [3.63, 3.8) is 0 Å². The van der Waals surface area contributed by atoms with E-state index in [0.717, 1.165) is 19.3 Å². The molecule has 3 unspecified atom stereocenters. The molecule has 3 atom stereocenters. The smallest absolute Gasteiger partial charge is 0.266 e. The van der Waals surface area contributed by atoms with E-state index < -0.39 is 16.2 Å². The minimum absolute atomic E-state index is 0.0707. The van der Waals surface area contributed by atoms with Gasteiger partial charge in [-0.2, -0.15) is 8.42 Å². The highest BCUT2D eigenvalue weighted by molar-refractivity contribution is 7.85. The van der Waals surface area contributed by atoms with Gasteiger partial charge in [-0.3, -0.25) is 4.55 Å². The monoisotopic (exact) mass is 287 g/mol. The molecule has 0 aromatic heterocycles. The fourth-order valence-corrected chi connectivity index (χ4v) is 7.16. The zero-order valence-electron chi connectivity index (χ0n) is 11.9. The van der Waals surface area contributed by atoms with Gasteiger partial charge in [0, 0.05) is 6.04 Å². The Morgan fingerprint density at radius 1 is 1.16 bits per heavy atom. The van der Waals surface area contributed by atoms with Gasteiger partial charge >= 0.3 is 0 Å². The molecular weight excluding hydrogens is 262 g/mol. The highest BCUT2D eigenvalue weighted by atomic mass is 32.2. The highest BCUT2D eigenvalue weighted by Crippen LogP contribution is 2.70. The van der Waals surface area contributed by atoms with Gasteiger partial charge in [0.15, 0.2) is 0 Å². The largest absolute Gasteiger partial charge is 0.326 e. The summed E-state index contributed by atoms with van der Waals surface area (Å²) < 4.78 is 31.5. The Hall–Kier alpha value is -0.130. The van der Waals surface area contributed by atoms with Gasteiger partial charge in [0.05, 0.1) is 5.75 Å². The van der Waals surface area contributed by atoms with E-state index in [1.165, 1.54) is 19.3 Å². The lowest BCUT2D eigenvalue weighted by Gasteiger charge is -2.66. The van der Waals surface area contributed by atoms with Gasteiger partial charge in [0.2, 0.25) is 0 Å². The number of rotatable bonds is 3. The summed E-state index contributed by atoms with van der Waals surface area (Å²) in [6, 6.07) is -0.426. The Morgan fingerprint density at radius 3 is 2.11 bits per heavy atom. The maximum absolute atomic E-state index is 11.2. The van der Waals surface area contributed by atoms with Gasteiger partial charge in [-0.15, -0.1) is 0 Å². The topological polar surface area (TPSA) is 80.4 Å². The molecule has 0 heterocycles. The van der Waals surface area contributed by atoms with Crippen LogP contribution in [0.1, 0.15) is 52.4 Å². The second-order valence-corrected chi connectivity index (χ2v) is 9.84. The summed E-state index contributed by atoms with van der Waals surface area (Å²) in [7, 11) is -3.98. The number of nitrogens with two attached hydrogens (primary N) is 1. The van der Waals surface area contributed by atoms with Crippen LogP contribution in [0.15, 0.2) is 0 Å².